The number of carbonyl (C=O) groups is 2. The van der Waals surface area contributed by atoms with Gasteiger partial charge in [0.1, 0.15) is 0 Å². The quantitative estimate of drug-likeness (QED) is 0.0322. The van der Waals surface area contributed by atoms with E-state index in [1.807, 2.05) is 12.2 Å². The summed E-state index contributed by atoms with van der Waals surface area (Å²) >= 11 is 0. The first-order chi connectivity index (χ1) is 30.5. The Kier molecular flexibility index (Phi) is 49.6. The van der Waals surface area contributed by atoms with Gasteiger partial charge in [-0.2, -0.15) is 0 Å². The van der Waals surface area contributed by atoms with E-state index in [0.29, 0.717) is 25.9 Å². The summed E-state index contributed by atoms with van der Waals surface area (Å²) in [6, 6.07) is -0.672. The van der Waals surface area contributed by atoms with Crippen LogP contribution in [-0.4, -0.2) is 47.4 Å². The van der Waals surface area contributed by atoms with E-state index in [0.717, 1.165) is 51.4 Å². The molecule has 0 rings (SSSR count). The molecule has 0 aliphatic rings. The third-order valence-electron chi connectivity index (χ3n) is 12.1. The smallest absolute Gasteiger partial charge is 0.305 e. The standard InChI is InChI=1S/C56H103NO5/c1-3-5-7-9-11-13-15-17-18-19-20-21-22-26-30-34-38-42-46-50-56(61)62-51-47-43-39-35-31-27-23-25-29-33-37-41-45-49-55(60)57-53(52-58)54(59)48-44-40-36-32-28-24-16-14-12-10-8-6-4-2/h17-18,25,29,37,41,44,48,53-54,58-59H,3-16,19-24,26-28,30-36,38-40,42-43,45-47,49-52H2,1-2H3,(H,57,60)/b18-17-,29-25-,41-37-,48-44+. The molecule has 1 amide bonds. The number of aliphatic hydroxyl groups is 2. The topological polar surface area (TPSA) is 95.9 Å². The van der Waals surface area contributed by atoms with Crippen molar-refractivity contribution < 1.29 is 24.5 Å². The SMILES string of the molecule is CCCCCCCC/C=C\CCCCCCCCCCCC(=O)OCCCCCCCC/C=C\C/C=C\CCC(=O)NC(CO)C(O)/C=C/CCCCCCCCCCCCC. The molecular formula is C56H103NO5. The molecule has 0 saturated heterocycles. The molecule has 2 atom stereocenters. The zero-order chi connectivity index (χ0) is 45.1. The fourth-order valence-corrected chi connectivity index (χ4v) is 7.91. The van der Waals surface area contributed by atoms with Gasteiger partial charge in [0, 0.05) is 12.8 Å². The normalized spacial score (nSPS) is 13.0. The van der Waals surface area contributed by atoms with E-state index in [1.54, 1.807) is 6.08 Å². The molecule has 6 heteroatoms. The summed E-state index contributed by atoms with van der Waals surface area (Å²) in [6.07, 6.45) is 64.2. The highest BCUT2D eigenvalue weighted by molar-refractivity contribution is 5.76. The fourth-order valence-electron chi connectivity index (χ4n) is 7.91. The van der Waals surface area contributed by atoms with Gasteiger partial charge in [-0.15, -0.1) is 0 Å². The second kappa shape index (κ2) is 51.5. The molecule has 0 heterocycles. The van der Waals surface area contributed by atoms with Gasteiger partial charge >= 0.3 is 5.97 Å². The molecule has 0 aromatic carbocycles. The molecule has 62 heavy (non-hydrogen) atoms. The predicted molar refractivity (Wildman–Crippen MR) is 269 cm³/mol. The van der Waals surface area contributed by atoms with Crippen LogP contribution in [0, 0.1) is 0 Å². The number of amides is 1. The van der Waals surface area contributed by atoms with Gasteiger partial charge in [-0.25, -0.2) is 0 Å². The Morgan fingerprint density at radius 2 is 0.823 bits per heavy atom. The Morgan fingerprint density at radius 3 is 1.27 bits per heavy atom. The van der Waals surface area contributed by atoms with Crippen molar-refractivity contribution in [3.05, 3.63) is 48.6 Å². The molecule has 0 aromatic heterocycles. The molecule has 0 fully saturated rings. The Balaban J connectivity index is 3.55. The highest BCUT2D eigenvalue weighted by Gasteiger charge is 2.17. The number of ether oxygens (including phenoxy) is 1. The second-order valence-electron chi connectivity index (χ2n) is 18.2. The van der Waals surface area contributed by atoms with Gasteiger partial charge < -0.3 is 20.3 Å². The highest BCUT2D eigenvalue weighted by atomic mass is 16.5. The van der Waals surface area contributed by atoms with Gasteiger partial charge in [0.2, 0.25) is 5.91 Å². The van der Waals surface area contributed by atoms with E-state index in [1.165, 1.54) is 186 Å². The Bertz CT molecular complexity index is 1050. The van der Waals surface area contributed by atoms with Crippen molar-refractivity contribution in [2.24, 2.45) is 0 Å². The van der Waals surface area contributed by atoms with Crippen molar-refractivity contribution in [2.75, 3.05) is 13.2 Å². The zero-order valence-corrected chi connectivity index (χ0v) is 41.1. The number of nitrogens with one attached hydrogen (secondary N) is 1. The minimum Gasteiger partial charge on any atom is -0.466 e. The lowest BCUT2D eigenvalue weighted by Gasteiger charge is -2.19. The van der Waals surface area contributed by atoms with Crippen LogP contribution in [0.4, 0.5) is 0 Å². The van der Waals surface area contributed by atoms with Crippen LogP contribution in [0.2, 0.25) is 0 Å². The van der Waals surface area contributed by atoms with Crippen molar-refractivity contribution >= 4 is 11.9 Å². The number of hydrogen-bond acceptors (Lipinski definition) is 5. The number of carbonyl (C=O) groups excluding carboxylic acids is 2. The van der Waals surface area contributed by atoms with Gasteiger partial charge in [0.15, 0.2) is 0 Å². The first kappa shape index (κ1) is 59.8. The largest absolute Gasteiger partial charge is 0.466 e. The molecule has 362 valence electrons. The van der Waals surface area contributed by atoms with Gasteiger partial charge in [-0.1, -0.05) is 229 Å². The van der Waals surface area contributed by atoms with Gasteiger partial charge in [0.25, 0.3) is 0 Å². The maximum Gasteiger partial charge on any atom is 0.305 e. The summed E-state index contributed by atoms with van der Waals surface area (Å²) < 4.78 is 5.46. The molecule has 0 aliphatic heterocycles. The monoisotopic (exact) mass is 870 g/mol. The molecule has 0 aliphatic carbocycles. The number of hydrogen-bond donors (Lipinski definition) is 3. The van der Waals surface area contributed by atoms with Crippen molar-refractivity contribution in [3.8, 4) is 0 Å². The molecule has 6 nitrogen and oxygen atoms in total. The number of esters is 1. The number of allylic oxidation sites excluding steroid dienone is 7. The molecule has 3 N–H and O–H groups in total. The summed E-state index contributed by atoms with van der Waals surface area (Å²) in [5.41, 5.74) is 0. The minimum atomic E-state index is -0.879. The second-order valence-corrected chi connectivity index (χ2v) is 18.2. The predicted octanol–water partition coefficient (Wildman–Crippen LogP) is 16.2. The van der Waals surface area contributed by atoms with Crippen molar-refractivity contribution in [1.29, 1.82) is 0 Å². The van der Waals surface area contributed by atoms with Crippen LogP contribution in [0.1, 0.15) is 271 Å². The highest BCUT2D eigenvalue weighted by Crippen LogP contribution is 2.15. The maximum absolute atomic E-state index is 12.4. The van der Waals surface area contributed by atoms with Crippen LogP contribution in [0.5, 0.6) is 0 Å². The Hall–Kier alpha value is -2.18. The first-order valence-electron chi connectivity index (χ1n) is 26.9. The van der Waals surface area contributed by atoms with Gasteiger partial charge in [0.05, 0.1) is 25.4 Å². The first-order valence-corrected chi connectivity index (χ1v) is 26.9. The third kappa shape index (κ3) is 47.3. The molecule has 0 radical (unpaired) electrons. The Morgan fingerprint density at radius 1 is 0.452 bits per heavy atom. The van der Waals surface area contributed by atoms with Gasteiger partial charge in [-0.05, 0) is 77.0 Å². The van der Waals surface area contributed by atoms with Crippen LogP contribution in [-0.2, 0) is 14.3 Å². The molecule has 0 aromatic rings. The van der Waals surface area contributed by atoms with Crippen LogP contribution in [0.3, 0.4) is 0 Å². The summed E-state index contributed by atoms with van der Waals surface area (Å²) in [4.78, 5) is 24.4. The van der Waals surface area contributed by atoms with Crippen LogP contribution >= 0.6 is 0 Å². The zero-order valence-electron chi connectivity index (χ0n) is 41.1. The van der Waals surface area contributed by atoms with E-state index < -0.39 is 12.1 Å². The summed E-state index contributed by atoms with van der Waals surface area (Å²) in [5.74, 6) is -0.170. The summed E-state index contributed by atoms with van der Waals surface area (Å²) in [5, 5.41) is 22.9. The average molecular weight is 870 g/mol. The van der Waals surface area contributed by atoms with E-state index in [-0.39, 0.29) is 18.5 Å². The lowest BCUT2D eigenvalue weighted by atomic mass is 10.0. The van der Waals surface area contributed by atoms with Crippen molar-refractivity contribution in [2.45, 2.75) is 283 Å². The molecule has 2 unspecified atom stereocenters. The van der Waals surface area contributed by atoms with E-state index >= 15 is 0 Å². The molecular weight excluding hydrogens is 767 g/mol. The molecule has 0 saturated carbocycles. The van der Waals surface area contributed by atoms with Crippen LogP contribution in [0.25, 0.3) is 0 Å². The van der Waals surface area contributed by atoms with E-state index in [4.69, 9.17) is 4.74 Å². The molecule has 0 bridgehead atoms. The van der Waals surface area contributed by atoms with Crippen LogP contribution in [0.15, 0.2) is 48.6 Å². The van der Waals surface area contributed by atoms with Crippen molar-refractivity contribution in [3.63, 3.8) is 0 Å². The van der Waals surface area contributed by atoms with E-state index in [2.05, 4.69) is 49.5 Å². The van der Waals surface area contributed by atoms with Crippen molar-refractivity contribution in [1.82, 2.24) is 5.32 Å². The minimum absolute atomic E-state index is 0.0197. The average Bonchev–Trinajstić information content (AvgIpc) is 3.27. The number of rotatable bonds is 49. The fraction of sp³-hybridized carbons (Fsp3) is 0.821. The lowest BCUT2D eigenvalue weighted by molar-refractivity contribution is -0.143. The number of unbranched alkanes of at least 4 members (excludes halogenated alkanes) is 32. The van der Waals surface area contributed by atoms with Crippen LogP contribution < -0.4 is 5.32 Å². The molecule has 0 spiro atoms. The summed E-state index contributed by atoms with van der Waals surface area (Å²) in [7, 11) is 0. The third-order valence-corrected chi connectivity index (χ3v) is 12.1. The maximum atomic E-state index is 12.4. The lowest BCUT2D eigenvalue weighted by Crippen LogP contribution is -2.45. The van der Waals surface area contributed by atoms with Gasteiger partial charge in [-0.3, -0.25) is 9.59 Å². The summed E-state index contributed by atoms with van der Waals surface area (Å²) in [6.45, 7) is 4.82. The number of aliphatic hydroxyl groups excluding tert-OH is 2. The van der Waals surface area contributed by atoms with E-state index in [9.17, 15) is 19.8 Å². The Labute approximate surface area is 385 Å².